The Bertz CT molecular complexity index is 68.5. The topological polar surface area (TPSA) is 12.4 Å². The van der Waals surface area contributed by atoms with E-state index in [0.717, 1.165) is 4.43 Å². The van der Waals surface area contributed by atoms with Crippen LogP contribution in [0.15, 0.2) is 4.99 Å². The van der Waals surface area contributed by atoms with Crippen molar-refractivity contribution in [3.63, 3.8) is 0 Å². The zero-order valence-corrected chi connectivity index (χ0v) is 6.90. The van der Waals surface area contributed by atoms with Crippen LogP contribution >= 0.6 is 22.6 Å². The summed E-state index contributed by atoms with van der Waals surface area (Å²) >= 11 is 2.30. The van der Waals surface area contributed by atoms with Gasteiger partial charge >= 0.3 is 0 Å². The predicted octanol–water partition coefficient (Wildman–Crippen LogP) is 1.90. The minimum atomic E-state index is 0.0839. The molecule has 0 saturated carbocycles. The molecule has 0 aromatic rings. The molecule has 0 amide bonds. The summed E-state index contributed by atoms with van der Waals surface area (Å²) < 4.78 is 1.04. The van der Waals surface area contributed by atoms with Gasteiger partial charge in [0, 0.05) is 4.43 Å². The Hall–Kier alpha value is 0.400. The van der Waals surface area contributed by atoms with Crippen LogP contribution in [0.5, 0.6) is 0 Å². The van der Waals surface area contributed by atoms with Crippen molar-refractivity contribution in [2.75, 3.05) is 4.43 Å². The summed E-state index contributed by atoms with van der Waals surface area (Å²) in [4.78, 5) is 3.88. The highest BCUT2D eigenvalue weighted by molar-refractivity contribution is 14.1. The minimum absolute atomic E-state index is 0.0839. The molecule has 0 N–H and O–H groups in total. The first-order valence-corrected chi connectivity index (χ1v) is 3.69. The van der Waals surface area contributed by atoms with Gasteiger partial charge in [0.25, 0.3) is 0 Å². The molecule has 0 heterocycles. The molecule has 7 heavy (non-hydrogen) atoms. The number of rotatable bonds is 2. The molecule has 0 bridgehead atoms. The molecule has 0 aliphatic rings. The maximum atomic E-state index is 3.88. The average molecular weight is 211 g/mol. The lowest BCUT2D eigenvalue weighted by Gasteiger charge is -2.12. The third-order valence-electron chi connectivity index (χ3n) is 0.755. The Balaban J connectivity index is 3.58. The summed E-state index contributed by atoms with van der Waals surface area (Å²) in [6.07, 6.45) is 0. The monoisotopic (exact) mass is 211 g/mol. The summed E-state index contributed by atoms with van der Waals surface area (Å²) in [6.45, 7) is 7.57. The molecule has 0 spiro atoms. The fourth-order valence-electron chi connectivity index (χ4n) is 0.0423. The Morgan fingerprint density at radius 3 is 2.14 bits per heavy atom. The summed E-state index contributed by atoms with van der Waals surface area (Å²) in [5.41, 5.74) is 0.0839. The average Bonchev–Trinajstić information content (AvgIpc) is 1.68. The normalized spacial score (nSPS) is 11.3. The van der Waals surface area contributed by atoms with Crippen molar-refractivity contribution in [3.05, 3.63) is 0 Å². The van der Waals surface area contributed by atoms with Gasteiger partial charge in [0.1, 0.15) is 0 Å². The van der Waals surface area contributed by atoms with Crippen LogP contribution in [-0.4, -0.2) is 16.7 Å². The van der Waals surface area contributed by atoms with Crippen molar-refractivity contribution < 1.29 is 0 Å². The molecular formula is C5H10IN. The zero-order valence-electron chi connectivity index (χ0n) is 4.74. The van der Waals surface area contributed by atoms with Crippen molar-refractivity contribution in [2.45, 2.75) is 19.4 Å². The van der Waals surface area contributed by atoms with E-state index >= 15 is 0 Å². The van der Waals surface area contributed by atoms with Crippen molar-refractivity contribution in [1.29, 1.82) is 0 Å². The van der Waals surface area contributed by atoms with Crippen LogP contribution in [0.1, 0.15) is 13.8 Å². The van der Waals surface area contributed by atoms with Gasteiger partial charge in [-0.05, 0) is 20.6 Å². The third-order valence-corrected chi connectivity index (χ3v) is 2.62. The van der Waals surface area contributed by atoms with E-state index in [-0.39, 0.29) is 5.54 Å². The molecule has 0 saturated heterocycles. The molecule has 42 valence electrons. The van der Waals surface area contributed by atoms with Crippen molar-refractivity contribution >= 4 is 29.3 Å². The smallest absolute Gasteiger partial charge is 0.0633 e. The summed E-state index contributed by atoms with van der Waals surface area (Å²) in [5.74, 6) is 0. The maximum Gasteiger partial charge on any atom is 0.0633 e. The largest absolute Gasteiger partial charge is 0.294 e. The molecule has 0 aromatic carbocycles. The number of nitrogens with zero attached hydrogens (tertiary/aromatic N) is 1. The number of alkyl halides is 1. The second-order valence-corrected chi connectivity index (χ2v) is 2.87. The molecule has 0 radical (unpaired) electrons. The van der Waals surface area contributed by atoms with E-state index < -0.39 is 0 Å². The second-order valence-electron chi connectivity index (χ2n) is 2.10. The summed E-state index contributed by atoms with van der Waals surface area (Å²) in [5, 5.41) is 0. The number of hydrogen-bond acceptors (Lipinski definition) is 1. The van der Waals surface area contributed by atoms with Gasteiger partial charge in [-0.15, -0.1) is 0 Å². The van der Waals surface area contributed by atoms with Gasteiger partial charge in [-0.2, -0.15) is 0 Å². The van der Waals surface area contributed by atoms with Gasteiger partial charge in [-0.1, -0.05) is 22.6 Å². The van der Waals surface area contributed by atoms with Crippen LogP contribution < -0.4 is 0 Å². The number of halogens is 1. The van der Waals surface area contributed by atoms with Gasteiger partial charge in [-0.25, -0.2) is 0 Å². The molecule has 0 fully saturated rings. The van der Waals surface area contributed by atoms with Gasteiger partial charge in [-0.3, -0.25) is 4.99 Å². The maximum absolute atomic E-state index is 3.88. The Morgan fingerprint density at radius 1 is 1.71 bits per heavy atom. The van der Waals surface area contributed by atoms with Crippen LogP contribution in [0.3, 0.4) is 0 Å². The first-order valence-electron chi connectivity index (χ1n) is 2.16. The fraction of sp³-hybridized carbons (Fsp3) is 0.800. The number of hydrogen-bond donors (Lipinski definition) is 0. The van der Waals surface area contributed by atoms with E-state index in [4.69, 9.17) is 0 Å². The van der Waals surface area contributed by atoms with E-state index in [1.54, 1.807) is 0 Å². The van der Waals surface area contributed by atoms with E-state index in [2.05, 4.69) is 48.1 Å². The molecule has 0 aromatic heterocycles. The highest BCUT2D eigenvalue weighted by Gasteiger charge is 2.09. The van der Waals surface area contributed by atoms with E-state index in [9.17, 15) is 0 Å². The molecule has 0 aliphatic heterocycles. The molecular weight excluding hydrogens is 201 g/mol. The minimum Gasteiger partial charge on any atom is -0.294 e. The Kier molecular flexibility index (Phi) is 2.80. The van der Waals surface area contributed by atoms with Crippen LogP contribution in [-0.2, 0) is 0 Å². The first-order chi connectivity index (χ1) is 3.12. The van der Waals surface area contributed by atoms with Gasteiger partial charge in [0.15, 0.2) is 0 Å². The quantitative estimate of drug-likeness (QED) is 0.375. The van der Waals surface area contributed by atoms with Crippen molar-refractivity contribution in [1.82, 2.24) is 0 Å². The number of aliphatic imine (C=N–C) groups is 1. The fourth-order valence-corrected chi connectivity index (χ4v) is 0.283. The zero-order chi connectivity index (χ0) is 5.91. The second kappa shape index (κ2) is 2.64. The molecule has 0 atom stereocenters. The van der Waals surface area contributed by atoms with Crippen LogP contribution in [0.25, 0.3) is 0 Å². The molecule has 1 nitrogen and oxygen atoms in total. The van der Waals surface area contributed by atoms with Crippen molar-refractivity contribution in [3.8, 4) is 0 Å². The molecule has 0 rings (SSSR count). The van der Waals surface area contributed by atoms with E-state index in [1.807, 2.05) is 0 Å². The summed E-state index contributed by atoms with van der Waals surface area (Å²) in [7, 11) is 0. The first kappa shape index (κ1) is 7.40. The Labute approximate surface area is 58.4 Å². The third kappa shape index (κ3) is 3.02. The standard InChI is InChI=1S/C5H10IN/c1-5(2,4-6)7-3/h3-4H2,1-2H3. The Morgan fingerprint density at radius 2 is 2.14 bits per heavy atom. The lowest BCUT2D eigenvalue weighted by molar-refractivity contribution is 0.609. The predicted molar refractivity (Wildman–Crippen MR) is 42.5 cm³/mol. The highest BCUT2D eigenvalue weighted by Crippen LogP contribution is 2.10. The lowest BCUT2D eigenvalue weighted by atomic mass is 10.1. The van der Waals surface area contributed by atoms with E-state index in [0.29, 0.717) is 0 Å². The molecule has 2 heteroatoms. The van der Waals surface area contributed by atoms with Gasteiger partial charge in [0.05, 0.1) is 5.54 Å². The van der Waals surface area contributed by atoms with E-state index in [1.165, 1.54) is 0 Å². The van der Waals surface area contributed by atoms with Crippen LogP contribution in [0.2, 0.25) is 0 Å². The lowest BCUT2D eigenvalue weighted by Crippen LogP contribution is -2.16. The van der Waals surface area contributed by atoms with Crippen LogP contribution in [0, 0.1) is 0 Å². The molecule has 0 aliphatic carbocycles. The van der Waals surface area contributed by atoms with Crippen LogP contribution in [0.4, 0.5) is 0 Å². The molecule has 0 unspecified atom stereocenters. The van der Waals surface area contributed by atoms with Crippen molar-refractivity contribution in [2.24, 2.45) is 4.99 Å². The highest BCUT2D eigenvalue weighted by atomic mass is 127. The summed E-state index contributed by atoms with van der Waals surface area (Å²) in [6, 6.07) is 0. The van der Waals surface area contributed by atoms with Gasteiger partial charge in [0.2, 0.25) is 0 Å². The van der Waals surface area contributed by atoms with Gasteiger partial charge < -0.3 is 0 Å². The SMILES string of the molecule is C=NC(C)(C)CI.